The number of aromatic nitrogens is 1. The fourth-order valence-electron chi connectivity index (χ4n) is 2.80. The lowest BCUT2D eigenvalue weighted by molar-refractivity contribution is 0.316. The maximum atomic E-state index is 5.98. The Morgan fingerprint density at radius 3 is 2.79 bits per heavy atom. The van der Waals surface area contributed by atoms with E-state index in [2.05, 4.69) is 22.4 Å². The predicted molar refractivity (Wildman–Crippen MR) is 80.7 cm³/mol. The Hall–Kier alpha value is -1.10. The number of halogens is 1. The van der Waals surface area contributed by atoms with Crippen LogP contribution in [0.25, 0.3) is 0 Å². The molecule has 0 saturated heterocycles. The molecule has 0 amide bonds. The first-order valence-electron chi connectivity index (χ1n) is 6.32. The molecule has 0 spiro atoms. The Bertz CT molecular complexity index is 593. The number of nitrogens with one attached hydrogen (secondary N) is 1. The number of thiazole rings is 1. The van der Waals surface area contributed by atoms with E-state index in [1.54, 1.807) is 11.3 Å². The monoisotopic (exact) mass is 293 g/mol. The first kappa shape index (κ1) is 12.9. The van der Waals surface area contributed by atoms with E-state index in [1.807, 2.05) is 19.2 Å². The lowest BCUT2D eigenvalue weighted by Gasteiger charge is -2.37. The number of nitrogens with two attached hydrogens (primary N) is 1. The quantitative estimate of drug-likeness (QED) is 0.895. The Balaban J connectivity index is 1.99. The van der Waals surface area contributed by atoms with Gasteiger partial charge in [0, 0.05) is 21.9 Å². The largest absolute Gasteiger partial charge is 0.375 e. The van der Waals surface area contributed by atoms with Crippen molar-refractivity contribution in [3.63, 3.8) is 0 Å². The average Bonchev–Trinajstić information content (AvgIpc) is 2.78. The number of fused-ring (bicyclic) bond motifs is 1. The molecule has 19 heavy (non-hydrogen) atoms. The van der Waals surface area contributed by atoms with Gasteiger partial charge < -0.3 is 11.1 Å². The van der Waals surface area contributed by atoms with Crippen LogP contribution in [0, 0.1) is 0 Å². The SMILES string of the molecule is CNC1(c2ccc(Cl)cc2)CCc2nc(N)sc2C1. The summed E-state index contributed by atoms with van der Waals surface area (Å²) in [5.74, 6) is 0. The molecule has 2 aromatic rings. The molecule has 0 aliphatic heterocycles. The molecule has 1 unspecified atom stereocenters. The predicted octanol–water partition coefficient (Wildman–Crippen LogP) is 2.98. The zero-order valence-corrected chi connectivity index (χ0v) is 12.3. The summed E-state index contributed by atoms with van der Waals surface area (Å²) >= 11 is 7.58. The van der Waals surface area contributed by atoms with Crippen LogP contribution in [-0.4, -0.2) is 12.0 Å². The van der Waals surface area contributed by atoms with Crippen LogP contribution in [0.15, 0.2) is 24.3 Å². The Labute approximate surface area is 121 Å². The van der Waals surface area contributed by atoms with Crippen molar-refractivity contribution in [3.05, 3.63) is 45.4 Å². The number of rotatable bonds is 2. The number of aryl methyl sites for hydroxylation is 1. The Morgan fingerprint density at radius 1 is 1.37 bits per heavy atom. The maximum Gasteiger partial charge on any atom is 0.180 e. The standard InChI is InChI=1S/C14H16ClN3S/c1-17-14(9-2-4-10(15)5-3-9)7-6-11-12(8-14)19-13(16)18-11/h2-5,17H,6-8H2,1H3,(H2,16,18). The van der Waals surface area contributed by atoms with Crippen LogP contribution in [0.1, 0.15) is 22.6 Å². The first-order valence-corrected chi connectivity index (χ1v) is 7.51. The van der Waals surface area contributed by atoms with E-state index in [0.29, 0.717) is 5.13 Å². The third-order valence-corrected chi connectivity index (χ3v) is 5.10. The van der Waals surface area contributed by atoms with E-state index in [9.17, 15) is 0 Å². The molecule has 1 heterocycles. The summed E-state index contributed by atoms with van der Waals surface area (Å²) in [5, 5.41) is 4.94. The van der Waals surface area contributed by atoms with Gasteiger partial charge in [0.1, 0.15) is 0 Å². The molecule has 5 heteroatoms. The van der Waals surface area contributed by atoms with Gasteiger partial charge in [-0.2, -0.15) is 0 Å². The summed E-state index contributed by atoms with van der Waals surface area (Å²) in [6.45, 7) is 0. The summed E-state index contributed by atoms with van der Waals surface area (Å²) in [5.41, 5.74) is 8.23. The van der Waals surface area contributed by atoms with Crippen molar-refractivity contribution >= 4 is 28.1 Å². The Morgan fingerprint density at radius 2 is 2.11 bits per heavy atom. The van der Waals surface area contributed by atoms with Crippen molar-refractivity contribution in [3.8, 4) is 0 Å². The highest BCUT2D eigenvalue weighted by Crippen LogP contribution is 2.39. The van der Waals surface area contributed by atoms with Crippen LogP contribution in [0.5, 0.6) is 0 Å². The van der Waals surface area contributed by atoms with Crippen LogP contribution >= 0.6 is 22.9 Å². The number of likely N-dealkylation sites (N-methyl/N-ethyl adjacent to an activating group) is 1. The summed E-state index contributed by atoms with van der Waals surface area (Å²) in [7, 11) is 2.02. The van der Waals surface area contributed by atoms with Crippen molar-refractivity contribution in [2.75, 3.05) is 12.8 Å². The van der Waals surface area contributed by atoms with E-state index < -0.39 is 0 Å². The van der Waals surface area contributed by atoms with Gasteiger partial charge in [-0.25, -0.2) is 4.98 Å². The van der Waals surface area contributed by atoms with Gasteiger partial charge in [0.05, 0.1) is 5.69 Å². The molecule has 1 aromatic carbocycles. The van der Waals surface area contributed by atoms with Gasteiger partial charge in [0.2, 0.25) is 0 Å². The van der Waals surface area contributed by atoms with E-state index in [0.717, 1.165) is 24.3 Å². The van der Waals surface area contributed by atoms with E-state index >= 15 is 0 Å². The second-order valence-electron chi connectivity index (χ2n) is 4.94. The van der Waals surface area contributed by atoms with Crippen molar-refractivity contribution < 1.29 is 0 Å². The van der Waals surface area contributed by atoms with Gasteiger partial charge in [0.25, 0.3) is 0 Å². The topological polar surface area (TPSA) is 50.9 Å². The highest BCUT2D eigenvalue weighted by atomic mass is 35.5. The smallest absolute Gasteiger partial charge is 0.180 e. The fraction of sp³-hybridized carbons (Fsp3) is 0.357. The van der Waals surface area contributed by atoms with Crippen LogP contribution in [0.4, 0.5) is 5.13 Å². The average molecular weight is 294 g/mol. The molecular formula is C14H16ClN3S. The second kappa shape index (κ2) is 4.78. The lowest BCUT2D eigenvalue weighted by Crippen LogP contribution is -2.44. The second-order valence-corrected chi connectivity index (χ2v) is 6.49. The van der Waals surface area contributed by atoms with Crippen molar-refractivity contribution in [1.82, 2.24) is 10.3 Å². The molecule has 3 rings (SSSR count). The molecule has 0 fully saturated rings. The molecule has 1 atom stereocenters. The van der Waals surface area contributed by atoms with Crippen LogP contribution in [0.3, 0.4) is 0 Å². The number of nitrogens with zero attached hydrogens (tertiary/aromatic N) is 1. The van der Waals surface area contributed by atoms with Crippen LogP contribution in [0.2, 0.25) is 5.02 Å². The minimum absolute atomic E-state index is 0.0312. The zero-order chi connectivity index (χ0) is 13.5. The van der Waals surface area contributed by atoms with Gasteiger partial charge in [-0.1, -0.05) is 23.7 Å². The first-order chi connectivity index (χ1) is 9.13. The molecule has 1 aliphatic rings. The maximum absolute atomic E-state index is 5.98. The van der Waals surface area contributed by atoms with E-state index in [4.69, 9.17) is 17.3 Å². The number of hydrogen-bond acceptors (Lipinski definition) is 4. The van der Waals surface area contributed by atoms with Crippen molar-refractivity contribution in [2.24, 2.45) is 0 Å². The third kappa shape index (κ3) is 2.24. The summed E-state index contributed by atoms with van der Waals surface area (Å²) in [6, 6.07) is 8.11. The molecule has 0 bridgehead atoms. The zero-order valence-electron chi connectivity index (χ0n) is 10.7. The molecule has 3 nitrogen and oxygen atoms in total. The molecule has 0 radical (unpaired) electrons. The molecule has 0 saturated carbocycles. The highest BCUT2D eigenvalue weighted by Gasteiger charge is 2.36. The lowest BCUT2D eigenvalue weighted by atomic mass is 9.78. The highest BCUT2D eigenvalue weighted by molar-refractivity contribution is 7.15. The van der Waals surface area contributed by atoms with Crippen molar-refractivity contribution in [1.29, 1.82) is 0 Å². The molecule has 1 aromatic heterocycles. The van der Waals surface area contributed by atoms with Crippen LogP contribution < -0.4 is 11.1 Å². The van der Waals surface area contributed by atoms with E-state index in [-0.39, 0.29) is 5.54 Å². The molecule has 1 aliphatic carbocycles. The molecular weight excluding hydrogens is 278 g/mol. The fourth-order valence-corrected chi connectivity index (χ4v) is 3.92. The summed E-state index contributed by atoms with van der Waals surface area (Å²) in [6.07, 6.45) is 2.93. The summed E-state index contributed by atoms with van der Waals surface area (Å²) < 4.78 is 0. The van der Waals surface area contributed by atoms with Gasteiger partial charge in [-0.3, -0.25) is 0 Å². The van der Waals surface area contributed by atoms with E-state index in [1.165, 1.54) is 16.1 Å². The normalized spacial score (nSPS) is 22.2. The number of benzene rings is 1. The molecule has 100 valence electrons. The third-order valence-electron chi connectivity index (χ3n) is 3.92. The van der Waals surface area contributed by atoms with Gasteiger partial charge in [0.15, 0.2) is 5.13 Å². The minimum Gasteiger partial charge on any atom is -0.375 e. The van der Waals surface area contributed by atoms with Gasteiger partial charge in [-0.15, -0.1) is 11.3 Å². The number of hydrogen-bond donors (Lipinski definition) is 2. The number of anilines is 1. The van der Waals surface area contributed by atoms with Crippen molar-refractivity contribution in [2.45, 2.75) is 24.8 Å². The number of nitrogen functional groups attached to an aromatic ring is 1. The minimum atomic E-state index is -0.0312. The van der Waals surface area contributed by atoms with Crippen LogP contribution in [-0.2, 0) is 18.4 Å². The summed E-state index contributed by atoms with van der Waals surface area (Å²) in [4.78, 5) is 5.71. The van der Waals surface area contributed by atoms with Gasteiger partial charge in [-0.05, 0) is 37.6 Å². The Kier molecular flexibility index (Phi) is 3.25. The van der Waals surface area contributed by atoms with Gasteiger partial charge >= 0.3 is 0 Å². The molecule has 3 N–H and O–H groups in total.